The maximum absolute atomic E-state index is 13.2. The fourth-order valence-electron chi connectivity index (χ4n) is 2.31. The molecule has 0 bridgehead atoms. The Morgan fingerprint density at radius 3 is 2.71 bits per heavy atom. The second-order valence-electron chi connectivity index (χ2n) is 5.82. The van der Waals surface area contributed by atoms with Gasteiger partial charge in [-0.25, -0.2) is 18.6 Å². The molecule has 1 atom stereocenters. The zero-order chi connectivity index (χ0) is 20.1. The number of nitrogens with zero attached hydrogens (tertiary/aromatic N) is 1. The zero-order valence-electron chi connectivity index (χ0n) is 14.8. The van der Waals surface area contributed by atoms with E-state index in [0.29, 0.717) is 0 Å². The van der Waals surface area contributed by atoms with Gasteiger partial charge in [0.1, 0.15) is 11.6 Å². The molecule has 0 saturated heterocycles. The second kappa shape index (κ2) is 8.85. The van der Waals surface area contributed by atoms with Crippen LogP contribution in [0.2, 0.25) is 0 Å². The van der Waals surface area contributed by atoms with Crippen LogP contribution in [-0.4, -0.2) is 29.6 Å². The molecule has 0 spiro atoms. The van der Waals surface area contributed by atoms with Gasteiger partial charge in [0.05, 0.1) is 16.8 Å². The van der Waals surface area contributed by atoms with Crippen molar-refractivity contribution in [2.24, 2.45) is 0 Å². The molecule has 3 aromatic rings. The topological polar surface area (TPSA) is 77.5 Å². The van der Waals surface area contributed by atoms with E-state index in [4.69, 9.17) is 9.47 Å². The summed E-state index contributed by atoms with van der Waals surface area (Å²) in [5, 5.41) is 3.06. The van der Waals surface area contributed by atoms with Crippen LogP contribution in [-0.2, 0) is 25.7 Å². The van der Waals surface area contributed by atoms with Crippen molar-refractivity contribution in [2.45, 2.75) is 19.6 Å². The zero-order valence-corrected chi connectivity index (χ0v) is 15.6. The summed E-state index contributed by atoms with van der Waals surface area (Å²) >= 11 is 1.46. The van der Waals surface area contributed by atoms with Gasteiger partial charge in [-0.3, -0.25) is 4.79 Å². The number of rotatable bonds is 7. The molecule has 6 nitrogen and oxygen atoms in total. The van der Waals surface area contributed by atoms with Crippen LogP contribution in [0.25, 0.3) is 10.2 Å². The summed E-state index contributed by atoms with van der Waals surface area (Å²) in [6.07, 6.45) is -1.13. The SMILES string of the molecule is C[C@H](OC(=O)COCc1nc2ccccc2s1)C(=O)Nc1ccc(F)c(F)c1. The van der Waals surface area contributed by atoms with Gasteiger partial charge in [-0.1, -0.05) is 12.1 Å². The van der Waals surface area contributed by atoms with Gasteiger partial charge in [0.25, 0.3) is 5.91 Å². The summed E-state index contributed by atoms with van der Waals surface area (Å²) in [4.78, 5) is 28.2. The summed E-state index contributed by atoms with van der Waals surface area (Å²) in [6, 6.07) is 10.5. The summed E-state index contributed by atoms with van der Waals surface area (Å²) in [5.74, 6) is -3.52. The van der Waals surface area contributed by atoms with Gasteiger partial charge in [0, 0.05) is 11.8 Å². The molecule has 1 aromatic heterocycles. The first kappa shape index (κ1) is 19.8. The van der Waals surface area contributed by atoms with Crippen molar-refractivity contribution >= 4 is 39.1 Å². The normalized spacial score (nSPS) is 12.0. The lowest BCUT2D eigenvalue weighted by molar-refractivity contribution is -0.157. The van der Waals surface area contributed by atoms with Crippen molar-refractivity contribution in [3.63, 3.8) is 0 Å². The van der Waals surface area contributed by atoms with E-state index >= 15 is 0 Å². The van der Waals surface area contributed by atoms with Gasteiger partial charge < -0.3 is 14.8 Å². The van der Waals surface area contributed by atoms with E-state index in [2.05, 4.69) is 10.3 Å². The number of fused-ring (bicyclic) bond motifs is 1. The molecular formula is C19H16F2N2O4S. The Bertz CT molecular complexity index is 976. The van der Waals surface area contributed by atoms with Gasteiger partial charge in [0.2, 0.25) is 0 Å². The molecule has 0 aliphatic rings. The third kappa shape index (κ3) is 5.08. The average molecular weight is 406 g/mol. The summed E-state index contributed by atoms with van der Waals surface area (Å²) < 4.78 is 37.3. The molecule has 3 rings (SSSR count). The Labute approximate surface area is 163 Å². The number of para-hydroxylation sites is 1. The van der Waals surface area contributed by atoms with Crippen molar-refractivity contribution in [3.05, 3.63) is 59.1 Å². The minimum Gasteiger partial charge on any atom is -0.451 e. The Morgan fingerprint density at radius 1 is 1.18 bits per heavy atom. The number of ether oxygens (including phenoxy) is 2. The van der Waals surface area contributed by atoms with E-state index < -0.39 is 29.6 Å². The highest BCUT2D eigenvalue weighted by molar-refractivity contribution is 7.18. The van der Waals surface area contributed by atoms with Crippen LogP contribution in [0.5, 0.6) is 0 Å². The molecule has 0 unspecified atom stereocenters. The van der Waals surface area contributed by atoms with Crippen LogP contribution >= 0.6 is 11.3 Å². The molecular weight excluding hydrogens is 390 g/mol. The molecule has 1 heterocycles. The minimum atomic E-state index is -1.13. The third-order valence-electron chi connectivity index (χ3n) is 3.65. The molecule has 0 aliphatic carbocycles. The van der Waals surface area contributed by atoms with Crippen molar-refractivity contribution in [1.29, 1.82) is 0 Å². The quantitative estimate of drug-likeness (QED) is 0.606. The van der Waals surface area contributed by atoms with E-state index in [0.717, 1.165) is 27.4 Å². The van der Waals surface area contributed by atoms with Crippen LogP contribution in [0.1, 0.15) is 11.9 Å². The van der Waals surface area contributed by atoms with Crippen LogP contribution in [0.4, 0.5) is 14.5 Å². The molecule has 146 valence electrons. The third-order valence-corrected chi connectivity index (χ3v) is 4.66. The molecule has 0 aliphatic heterocycles. The number of carbonyl (C=O) groups excluding carboxylic acids is 2. The van der Waals surface area contributed by atoms with E-state index in [1.165, 1.54) is 24.3 Å². The first-order valence-corrected chi connectivity index (χ1v) is 9.11. The number of benzene rings is 2. The molecule has 0 saturated carbocycles. The monoisotopic (exact) mass is 406 g/mol. The Morgan fingerprint density at radius 2 is 1.96 bits per heavy atom. The Balaban J connectivity index is 1.44. The van der Waals surface area contributed by atoms with Crippen molar-refractivity contribution < 1.29 is 27.8 Å². The number of aromatic nitrogens is 1. The number of hydrogen-bond donors (Lipinski definition) is 1. The van der Waals surface area contributed by atoms with Gasteiger partial charge in [-0.05, 0) is 31.2 Å². The summed E-state index contributed by atoms with van der Waals surface area (Å²) in [7, 11) is 0. The number of amides is 1. The summed E-state index contributed by atoms with van der Waals surface area (Å²) in [5.41, 5.74) is 0.912. The van der Waals surface area contributed by atoms with Crippen molar-refractivity contribution in [1.82, 2.24) is 4.98 Å². The maximum Gasteiger partial charge on any atom is 0.332 e. The molecule has 1 amide bonds. The predicted molar refractivity (Wildman–Crippen MR) is 99.8 cm³/mol. The first-order chi connectivity index (χ1) is 13.4. The highest BCUT2D eigenvalue weighted by Crippen LogP contribution is 2.22. The largest absolute Gasteiger partial charge is 0.451 e. The van der Waals surface area contributed by atoms with Crippen molar-refractivity contribution in [3.8, 4) is 0 Å². The highest BCUT2D eigenvalue weighted by Gasteiger charge is 2.18. The second-order valence-corrected chi connectivity index (χ2v) is 6.93. The molecule has 2 aromatic carbocycles. The Kier molecular flexibility index (Phi) is 6.27. The molecule has 1 N–H and O–H groups in total. The van der Waals surface area contributed by atoms with E-state index in [1.54, 1.807) is 0 Å². The molecule has 28 heavy (non-hydrogen) atoms. The van der Waals surface area contributed by atoms with Crippen molar-refractivity contribution in [2.75, 3.05) is 11.9 Å². The van der Waals surface area contributed by atoms with Gasteiger partial charge >= 0.3 is 5.97 Å². The van der Waals surface area contributed by atoms with Gasteiger partial charge in [-0.15, -0.1) is 11.3 Å². The number of anilines is 1. The lowest BCUT2D eigenvalue weighted by atomic mass is 10.3. The smallest absolute Gasteiger partial charge is 0.332 e. The number of halogens is 2. The Hall–Kier alpha value is -2.91. The van der Waals surface area contributed by atoms with Crippen LogP contribution in [0.15, 0.2) is 42.5 Å². The van der Waals surface area contributed by atoms with Gasteiger partial charge in [0.15, 0.2) is 17.7 Å². The highest BCUT2D eigenvalue weighted by atomic mass is 32.1. The maximum atomic E-state index is 13.2. The number of hydrogen-bond acceptors (Lipinski definition) is 6. The van der Waals surface area contributed by atoms with E-state index in [-0.39, 0.29) is 18.9 Å². The van der Waals surface area contributed by atoms with Crippen LogP contribution in [0.3, 0.4) is 0 Å². The van der Waals surface area contributed by atoms with E-state index in [1.807, 2.05) is 24.3 Å². The predicted octanol–water partition coefficient (Wildman–Crippen LogP) is 3.66. The minimum absolute atomic E-state index is 0.0545. The molecule has 0 radical (unpaired) electrons. The fourth-order valence-corrected chi connectivity index (χ4v) is 3.21. The number of nitrogens with one attached hydrogen (secondary N) is 1. The molecule has 9 heteroatoms. The fraction of sp³-hybridized carbons (Fsp3) is 0.211. The number of esters is 1. The summed E-state index contributed by atoms with van der Waals surface area (Å²) in [6.45, 7) is 1.16. The van der Waals surface area contributed by atoms with Crippen LogP contribution in [0, 0.1) is 11.6 Å². The van der Waals surface area contributed by atoms with Crippen LogP contribution < -0.4 is 5.32 Å². The standard InChI is InChI=1S/C19H16F2N2O4S/c1-11(19(25)22-12-6-7-13(20)14(21)8-12)27-18(24)10-26-9-17-23-15-4-2-3-5-16(15)28-17/h2-8,11H,9-10H2,1H3,(H,22,25)/t11-/m0/s1. The average Bonchev–Trinajstić information content (AvgIpc) is 3.07. The first-order valence-electron chi connectivity index (χ1n) is 8.30. The number of carbonyl (C=O) groups is 2. The van der Waals surface area contributed by atoms with E-state index in [9.17, 15) is 18.4 Å². The lowest BCUT2D eigenvalue weighted by Crippen LogP contribution is -2.31. The van der Waals surface area contributed by atoms with Gasteiger partial charge in [-0.2, -0.15) is 0 Å². The lowest BCUT2D eigenvalue weighted by Gasteiger charge is -2.13. The number of thiazole rings is 1. The molecule has 0 fully saturated rings.